The minimum atomic E-state index is 0.0613. The van der Waals surface area contributed by atoms with E-state index in [0.717, 1.165) is 11.4 Å². The first kappa shape index (κ1) is 11.5. The molecule has 0 bridgehead atoms. The molecule has 2 N–H and O–H groups in total. The summed E-state index contributed by atoms with van der Waals surface area (Å²) in [6, 6.07) is 0.0613. The summed E-state index contributed by atoms with van der Waals surface area (Å²) in [5.41, 5.74) is 7.41. The van der Waals surface area contributed by atoms with Gasteiger partial charge >= 0.3 is 0 Å². The summed E-state index contributed by atoms with van der Waals surface area (Å²) < 4.78 is 6.90. The second-order valence-electron chi connectivity index (χ2n) is 3.27. The number of rotatable bonds is 4. The molecule has 0 aliphatic heterocycles. The molecular formula is C9H16ClN3O. The molecule has 0 saturated carbocycles. The lowest BCUT2D eigenvalue weighted by Gasteiger charge is -2.15. The van der Waals surface area contributed by atoms with Crippen LogP contribution in [0.25, 0.3) is 0 Å². The highest BCUT2D eigenvalue weighted by molar-refractivity contribution is 6.31. The van der Waals surface area contributed by atoms with Crippen molar-refractivity contribution in [1.82, 2.24) is 9.78 Å². The van der Waals surface area contributed by atoms with E-state index in [0.29, 0.717) is 18.2 Å². The molecular weight excluding hydrogens is 202 g/mol. The first-order valence-electron chi connectivity index (χ1n) is 4.52. The predicted octanol–water partition coefficient (Wildman–Crippen LogP) is 1.30. The van der Waals surface area contributed by atoms with Gasteiger partial charge in [-0.15, -0.1) is 0 Å². The summed E-state index contributed by atoms with van der Waals surface area (Å²) in [6.07, 6.45) is 0. The van der Waals surface area contributed by atoms with Crippen LogP contribution < -0.4 is 5.73 Å². The second-order valence-corrected chi connectivity index (χ2v) is 3.65. The molecule has 0 aliphatic rings. The molecule has 1 unspecified atom stereocenters. The number of methoxy groups -OCH3 is 1. The maximum absolute atomic E-state index is 6.03. The van der Waals surface area contributed by atoms with Gasteiger partial charge in [0.25, 0.3) is 0 Å². The van der Waals surface area contributed by atoms with Crippen molar-refractivity contribution < 1.29 is 4.74 Å². The van der Waals surface area contributed by atoms with Gasteiger partial charge in [-0.2, -0.15) is 5.10 Å². The lowest BCUT2D eigenvalue weighted by atomic mass is 10.3. The third-order valence-corrected chi connectivity index (χ3v) is 2.76. The first-order chi connectivity index (χ1) is 6.61. The van der Waals surface area contributed by atoms with Crippen molar-refractivity contribution in [2.75, 3.05) is 20.3 Å². The Hall–Kier alpha value is -0.580. The Morgan fingerprint density at radius 3 is 2.57 bits per heavy atom. The van der Waals surface area contributed by atoms with Gasteiger partial charge in [0.1, 0.15) is 0 Å². The van der Waals surface area contributed by atoms with Crippen molar-refractivity contribution >= 4 is 11.6 Å². The molecule has 1 atom stereocenters. The largest absolute Gasteiger partial charge is 0.382 e. The quantitative estimate of drug-likeness (QED) is 0.827. The van der Waals surface area contributed by atoms with Crippen molar-refractivity contribution in [2.24, 2.45) is 5.73 Å². The molecule has 1 aromatic heterocycles. The molecule has 0 saturated heterocycles. The van der Waals surface area contributed by atoms with E-state index in [1.165, 1.54) is 0 Å². The number of halogens is 1. The summed E-state index contributed by atoms with van der Waals surface area (Å²) >= 11 is 6.03. The highest BCUT2D eigenvalue weighted by Crippen LogP contribution is 2.21. The van der Waals surface area contributed by atoms with Crippen LogP contribution in [-0.2, 0) is 4.74 Å². The van der Waals surface area contributed by atoms with Crippen LogP contribution in [0.5, 0.6) is 0 Å². The summed E-state index contributed by atoms with van der Waals surface area (Å²) in [5, 5.41) is 5.03. The fourth-order valence-electron chi connectivity index (χ4n) is 1.43. The Kier molecular flexibility index (Phi) is 3.92. The van der Waals surface area contributed by atoms with Crippen LogP contribution in [0.15, 0.2) is 0 Å². The normalized spacial score (nSPS) is 13.2. The topological polar surface area (TPSA) is 53.1 Å². The lowest BCUT2D eigenvalue weighted by molar-refractivity contribution is 0.151. The van der Waals surface area contributed by atoms with Gasteiger partial charge in [0.15, 0.2) is 0 Å². The molecule has 0 aliphatic carbocycles. The van der Waals surface area contributed by atoms with Gasteiger partial charge in [-0.25, -0.2) is 0 Å². The van der Waals surface area contributed by atoms with E-state index in [2.05, 4.69) is 5.10 Å². The molecule has 4 nitrogen and oxygen atoms in total. The van der Waals surface area contributed by atoms with Crippen molar-refractivity contribution in [2.45, 2.75) is 19.9 Å². The molecule has 5 heteroatoms. The summed E-state index contributed by atoms with van der Waals surface area (Å²) in [7, 11) is 1.65. The summed E-state index contributed by atoms with van der Waals surface area (Å²) in [4.78, 5) is 0. The van der Waals surface area contributed by atoms with Crippen molar-refractivity contribution in [1.29, 1.82) is 0 Å². The zero-order chi connectivity index (χ0) is 10.7. The van der Waals surface area contributed by atoms with E-state index in [-0.39, 0.29) is 6.04 Å². The molecule has 80 valence electrons. The van der Waals surface area contributed by atoms with E-state index >= 15 is 0 Å². The van der Waals surface area contributed by atoms with Gasteiger partial charge in [0.2, 0.25) is 0 Å². The van der Waals surface area contributed by atoms with Gasteiger partial charge in [0, 0.05) is 13.7 Å². The van der Waals surface area contributed by atoms with Crippen molar-refractivity contribution in [3.63, 3.8) is 0 Å². The Bertz CT molecular complexity index is 311. The Balaban J connectivity index is 2.98. The van der Waals surface area contributed by atoms with Gasteiger partial charge in [-0.05, 0) is 13.8 Å². The van der Waals surface area contributed by atoms with Crippen LogP contribution in [-0.4, -0.2) is 30.0 Å². The average molecular weight is 218 g/mol. The zero-order valence-electron chi connectivity index (χ0n) is 8.75. The third-order valence-electron chi connectivity index (χ3n) is 2.21. The van der Waals surface area contributed by atoms with Crippen molar-refractivity contribution in [3.8, 4) is 0 Å². The monoisotopic (exact) mass is 217 g/mol. The molecule has 0 aromatic carbocycles. The maximum Gasteiger partial charge on any atom is 0.0878 e. The van der Waals surface area contributed by atoms with Crippen molar-refractivity contribution in [3.05, 3.63) is 16.4 Å². The fraction of sp³-hybridized carbons (Fsp3) is 0.667. The van der Waals surface area contributed by atoms with E-state index in [1.807, 2.05) is 18.5 Å². The molecule has 0 radical (unpaired) electrons. The number of nitrogens with two attached hydrogens (primary N) is 1. The van der Waals surface area contributed by atoms with Crippen LogP contribution in [0, 0.1) is 13.8 Å². The minimum absolute atomic E-state index is 0.0613. The number of aromatic nitrogens is 2. The zero-order valence-corrected chi connectivity index (χ0v) is 9.51. The van der Waals surface area contributed by atoms with E-state index in [4.69, 9.17) is 22.1 Å². The number of nitrogens with zero attached hydrogens (tertiary/aromatic N) is 2. The molecule has 0 fully saturated rings. The number of aryl methyl sites for hydroxylation is 1. The maximum atomic E-state index is 6.03. The predicted molar refractivity (Wildman–Crippen MR) is 56.7 cm³/mol. The highest BCUT2D eigenvalue weighted by atomic mass is 35.5. The Labute approximate surface area is 89.0 Å². The number of hydrogen-bond acceptors (Lipinski definition) is 3. The van der Waals surface area contributed by atoms with Gasteiger partial charge in [0.05, 0.1) is 29.1 Å². The molecule has 0 amide bonds. The Morgan fingerprint density at radius 2 is 2.21 bits per heavy atom. The standard InChI is InChI=1S/C9H16ClN3O/c1-6-9(10)7(2)13(12-6)8(4-11)5-14-3/h8H,4-5,11H2,1-3H3. The van der Waals surface area contributed by atoms with Gasteiger partial charge in [-0.1, -0.05) is 11.6 Å². The van der Waals surface area contributed by atoms with E-state index in [9.17, 15) is 0 Å². The fourth-order valence-corrected chi connectivity index (χ4v) is 1.55. The Morgan fingerprint density at radius 1 is 1.57 bits per heavy atom. The molecule has 1 aromatic rings. The smallest absolute Gasteiger partial charge is 0.0878 e. The van der Waals surface area contributed by atoms with Gasteiger partial charge in [-0.3, -0.25) is 4.68 Å². The minimum Gasteiger partial charge on any atom is -0.382 e. The molecule has 0 spiro atoms. The lowest BCUT2D eigenvalue weighted by Crippen LogP contribution is -2.25. The average Bonchev–Trinajstić information content (AvgIpc) is 2.42. The third kappa shape index (κ3) is 2.08. The number of ether oxygens (including phenoxy) is 1. The number of hydrogen-bond donors (Lipinski definition) is 1. The van der Waals surface area contributed by atoms with Crippen LogP contribution in [0.2, 0.25) is 5.02 Å². The van der Waals surface area contributed by atoms with E-state index in [1.54, 1.807) is 7.11 Å². The summed E-state index contributed by atoms with van der Waals surface area (Å²) in [5.74, 6) is 0. The molecule has 14 heavy (non-hydrogen) atoms. The van der Waals surface area contributed by atoms with Crippen LogP contribution >= 0.6 is 11.6 Å². The van der Waals surface area contributed by atoms with Crippen LogP contribution in [0.1, 0.15) is 17.4 Å². The first-order valence-corrected chi connectivity index (χ1v) is 4.89. The van der Waals surface area contributed by atoms with E-state index < -0.39 is 0 Å². The molecule has 1 heterocycles. The van der Waals surface area contributed by atoms with Gasteiger partial charge < -0.3 is 10.5 Å². The van der Waals surface area contributed by atoms with Crippen LogP contribution in [0.3, 0.4) is 0 Å². The second kappa shape index (κ2) is 4.77. The van der Waals surface area contributed by atoms with Crippen LogP contribution in [0.4, 0.5) is 0 Å². The molecule has 1 rings (SSSR count). The summed E-state index contributed by atoms with van der Waals surface area (Å²) in [6.45, 7) is 4.85. The highest BCUT2D eigenvalue weighted by Gasteiger charge is 2.16. The SMILES string of the molecule is COCC(CN)n1nc(C)c(Cl)c1C.